The maximum absolute atomic E-state index is 12.2. The number of Topliss-reactive ketones (excluding diaryl/α,β-unsaturated/α-hetero) is 1. The summed E-state index contributed by atoms with van der Waals surface area (Å²) < 4.78 is 5.44. The first-order valence-electron chi connectivity index (χ1n) is 8.41. The zero-order chi connectivity index (χ0) is 16.9. The smallest absolute Gasteiger partial charge is 0.410 e. The van der Waals surface area contributed by atoms with Gasteiger partial charge in [0.15, 0.2) is 5.78 Å². The molecule has 0 N–H and O–H groups in total. The number of carbonyl (C=O) groups excluding carboxylic acids is 2. The molecule has 0 radical (unpaired) electrons. The van der Waals surface area contributed by atoms with Gasteiger partial charge in [0.1, 0.15) is 5.60 Å². The molecule has 0 aliphatic carbocycles. The van der Waals surface area contributed by atoms with Gasteiger partial charge in [0.25, 0.3) is 0 Å². The predicted molar refractivity (Wildman–Crippen MR) is 90.5 cm³/mol. The molecule has 1 aliphatic rings. The third-order valence-electron chi connectivity index (χ3n) is 4.05. The van der Waals surface area contributed by atoms with Crippen molar-refractivity contribution in [2.75, 3.05) is 13.1 Å². The molecule has 1 saturated heterocycles. The lowest BCUT2D eigenvalue weighted by atomic mass is 9.91. The van der Waals surface area contributed by atoms with Gasteiger partial charge in [0.05, 0.1) is 0 Å². The number of benzene rings is 1. The molecule has 0 unspecified atom stereocenters. The maximum atomic E-state index is 12.2. The van der Waals surface area contributed by atoms with Crippen LogP contribution in [0.5, 0.6) is 0 Å². The van der Waals surface area contributed by atoms with E-state index in [2.05, 4.69) is 0 Å². The number of hydrogen-bond acceptors (Lipinski definition) is 3. The van der Waals surface area contributed by atoms with Crippen molar-refractivity contribution < 1.29 is 14.3 Å². The van der Waals surface area contributed by atoms with Crippen LogP contribution in [0.25, 0.3) is 0 Å². The molecule has 23 heavy (non-hydrogen) atoms. The molecule has 1 aliphatic heterocycles. The van der Waals surface area contributed by atoms with E-state index in [4.69, 9.17) is 4.74 Å². The van der Waals surface area contributed by atoms with Gasteiger partial charge in [-0.05, 0) is 46.0 Å². The summed E-state index contributed by atoms with van der Waals surface area (Å²) in [7, 11) is 0. The van der Waals surface area contributed by atoms with Crippen LogP contribution in [0.4, 0.5) is 4.79 Å². The summed E-state index contributed by atoms with van der Waals surface area (Å²) >= 11 is 0. The van der Waals surface area contributed by atoms with Gasteiger partial charge in [-0.1, -0.05) is 30.3 Å². The van der Waals surface area contributed by atoms with Crippen molar-refractivity contribution in [3.63, 3.8) is 0 Å². The van der Waals surface area contributed by atoms with E-state index in [0.717, 1.165) is 31.4 Å². The molecular weight excluding hydrogens is 290 g/mol. The third kappa shape index (κ3) is 5.70. The van der Waals surface area contributed by atoms with Gasteiger partial charge >= 0.3 is 6.09 Å². The summed E-state index contributed by atoms with van der Waals surface area (Å²) in [4.78, 5) is 26.1. The zero-order valence-corrected chi connectivity index (χ0v) is 14.4. The highest BCUT2D eigenvalue weighted by Crippen LogP contribution is 2.23. The number of hydrogen-bond donors (Lipinski definition) is 0. The molecule has 1 atom stereocenters. The van der Waals surface area contributed by atoms with E-state index in [1.165, 1.54) is 0 Å². The van der Waals surface area contributed by atoms with Gasteiger partial charge in [-0.15, -0.1) is 0 Å². The first kappa shape index (κ1) is 17.5. The Labute approximate surface area is 138 Å². The van der Waals surface area contributed by atoms with Crippen molar-refractivity contribution in [2.45, 2.75) is 52.1 Å². The van der Waals surface area contributed by atoms with Gasteiger partial charge < -0.3 is 9.64 Å². The summed E-state index contributed by atoms with van der Waals surface area (Å²) in [6.07, 6.45) is 3.17. The Bertz CT molecular complexity index is 533. The Balaban J connectivity index is 1.82. The molecule has 2 rings (SSSR count). The Morgan fingerprint density at radius 2 is 1.91 bits per heavy atom. The summed E-state index contributed by atoms with van der Waals surface area (Å²) in [6, 6.07) is 9.40. The average Bonchev–Trinajstić information content (AvgIpc) is 2.52. The van der Waals surface area contributed by atoms with Crippen molar-refractivity contribution >= 4 is 11.9 Å². The summed E-state index contributed by atoms with van der Waals surface area (Å²) in [5.74, 6) is 0.559. The van der Waals surface area contributed by atoms with E-state index in [9.17, 15) is 9.59 Å². The highest BCUT2D eigenvalue weighted by atomic mass is 16.6. The number of piperidine rings is 1. The van der Waals surface area contributed by atoms with E-state index in [-0.39, 0.29) is 11.9 Å². The maximum Gasteiger partial charge on any atom is 0.410 e. The van der Waals surface area contributed by atoms with Gasteiger partial charge in [0, 0.05) is 25.1 Å². The van der Waals surface area contributed by atoms with Crippen LogP contribution >= 0.6 is 0 Å². The normalized spacial score (nSPS) is 18.6. The lowest BCUT2D eigenvalue weighted by Crippen LogP contribution is -2.42. The Kier molecular flexibility index (Phi) is 5.80. The number of ketones is 1. The molecule has 0 saturated carbocycles. The molecular formula is C19H27NO3. The van der Waals surface area contributed by atoms with Crippen molar-refractivity contribution in [1.82, 2.24) is 4.90 Å². The third-order valence-corrected chi connectivity index (χ3v) is 4.05. The van der Waals surface area contributed by atoms with Crippen LogP contribution in [-0.2, 0) is 4.74 Å². The molecule has 0 spiro atoms. The van der Waals surface area contributed by atoms with Crippen LogP contribution in [0.3, 0.4) is 0 Å². The summed E-state index contributed by atoms with van der Waals surface area (Å²) in [6.45, 7) is 7.08. The fourth-order valence-electron chi connectivity index (χ4n) is 2.90. The molecule has 126 valence electrons. The lowest BCUT2D eigenvalue weighted by molar-refractivity contribution is 0.0162. The highest BCUT2D eigenvalue weighted by Gasteiger charge is 2.27. The van der Waals surface area contributed by atoms with Crippen molar-refractivity contribution in [3.8, 4) is 0 Å². The van der Waals surface area contributed by atoms with E-state index < -0.39 is 5.60 Å². The second kappa shape index (κ2) is 7.62. The Hall–Kier alpha value is -1.84. The molecule has 1 heterocycles. The van der Waals surface area contributed by atoms with Crippen LogP contribution in [0, 0.1) is 5.92 Å². The van der Waals surface area contributed by atoms with Crippen LogP contribution in [-0.4, -0.2) is 35.5 Å². The fourth-order valence-corrected chi connectivity index (χ4v) is 2.90. The fraction of sp³-hybridized carbons (Fsp3) is 0.579. The highest BCUT2D eigenvalue weighted by molar-refractivity contribution is 5.95. The molecule has 4 heteroatoms. The predicted octanol–water partition coefficient (Wildman–Crippen LogP) is 4.30. The second-order valence-electron chi connectivity index (χ2n) is 7.26. The van der Waals surface area contributed by atoms with E-state index in [0.29, 0.717) is 18.9 Å². The monoisotopic (exact) mass is 317 g/mol. The standard InChI is InChI=1S/C19H27NO3/c1-19(2,3)23-18(22)20-13-7-8-15(14-20)11-12-17(21)16-9-5-4-6-10-16/h4-6,9-10,15H,7-8,11-14H2,1-3H3/t15-/m0/s1. The molecule has 0 bridgehead atoms. The topological polar surface area (TPSA) is 46.6 Å². The number of rotatable bonds is 4. The number of ether oxygens (including phenoxy) is 1. The largest absolute Gasteiger partial charge is 0.444 e. The van der Waals surface area contributed by atoms with Crippen molar-refractivity contribution in [1.29, 1.82) is 0 Å². The molecule has 0 aromatic heterocycles. The molecule has 1 aromatic carbocycles. The number of likely N-dealkylation sites (tertiary alicyclic amines) is 1. The zero-order valence-electron chi connectivity index (χ0n) is 14.4. The van der Waals surface area contributed by atoms with Gasteiger partial charge in [0.2, 0.25) is 0 Å². The number of nitrogens with zero attached hydrogens (tertiary/aromatic N) is 1. The van der Waals surface area contributed by atoms with Gasteiger partial charge in [-0.2, -0.15) is 0 Å². The molecule has 1 aromatic rings. The number of carbonyl (C=O) groups is 2. The Morgan fingerprint density at radius 3 is 2.57 bits per heavy atom. The minimum absolute atomic E-state index is 0.181. The van der Waals surface area contributed by atoms with Crippen LogP contribution in [0.1, 0.15) is 56.8 Å². The minimum atomic E-state index is -0.465. The van der Waals surface area contributed by atoms with Crippen molar-refractivity contribution in [3.05, 3.63) is 35.9 Å². The van der Waals surface area contributed by atoms with Gasteiger partial charge in [-0.3, -0.25) is 4.79 Å². The first-order chi connectivity index (χ1) is 10.8. The van der Waals surface area contributed by atoms with E-state index in [1.54, 1.807) is 4.90 Å². The quantitative estimate of drug-likeness (QED) is 0.778. The van der Waals surface area contributed by atoms with Crippen LogP contribution in [0.2, 0.25) is 0 Å². The summed E-state index contributed by atoms with van der Waals surface area (Å²) in [5, 5.41) is 0. The lowest BCUT2D eigenvalue weighted by Gasteiger charge is -2.34. The average molecular weight is 317 g/mol. The van der Waals surface area contributed by atoms with Crippen molar-refractivity contribution in [2.24, 2.45) is 5.92 Å². The van der Waals surface area contributed by atoms with Crippen LogP contribution in [0.15, 0.2) is 30.3 Å². The molecule has 1 fully saturated rings. The summed E-state index contributed by atoms with van der Waals surface area (Å²) in [5.41, 5.74) is 0.306. The Morgan fingerprint density at radius 1 is 1.22 bits per heavy atom. The SMILES string of the molecule is CC(C)(C)OC(=O)N1CCC[C@@H](CCC(=O)c2ccccc2)C1. The second-order valence-corrected chi connectivity index (χ2v) is 7.26. The number of amides is 1. The van der Waals surface area contributed by atoms with E-state index >= 15 is 0 Å². The van der Waals surface area contributed by atoms with Crippen LogP contribution < -0.4 is 0 Å². The minimum Gasteiger partial charge on any atom is -0.444 e. The molecule has 4 nitrogen and oxygen atoms in total. The molecule has 1 amide bonds. The van der Waals surface area contributed by atoms with Gasteiger partial charge in [-0.25, -0.2) is 4.79 Å². The van der Waals surface area contributed by atoms with E-state index in [1.807, 2.05) is 51.1 Å². The first-order valence-corrected chi connectivity index (χ1v) is 8.41.